The molecule has 1 aromatic heterocycles. The van der Waals surface area contributed by atoms with Crippen LogP contribution in [-0.4, -0.2) is 10.8 Å². The fourth-order valence-corrected chi connectivity index (χ4v) is 2.79. The Kier molecular flexibility index (Phi) is 4.30. The van der Waals surface area contributed by atoms with Crippen molar-refractivity contribution in [3.63, 3.8) is 0 Å². The van der Waals surface area contributed by atoms with Gasteiger partial charge < -0.3 is 4.57 Å². The molecule has 0 unspecified atom stereocenters. The lowest BCUT2D eigenvalue weighted by molar-refractivity contribution is 0.628. The Morgan fingerprint density at radius 3 is 2.48 bits per heavy atom. The molecule has 0 fully saturated rings. The molecular formula is C19H16ClFN2. The number of nitrogens with zero attached hydrogens (tertiary/aromatic N) is 2. The van der Waals surface area contributed by atoms with Gasteiger partial charge in [0, 0.05) is 33.9 Å². The maximum Gasteiger partial charge on any atom is 0.123 e. The summed E-state index contributed by atoms with van der Waals surface area (Å²) in [4.78, 5) is 4.41. The van der Waals surface area contributed by atoms with E-state index < -0.39 is 0 Å². The highest BCUT2D eigenvalue weighted by atomic mass is 35.5. The fourth-order valence-electron chi connectivity index (χ4n) is 2.60. The van der Waals surface area contributed by atoms with Gasteiger partial charge in [-0.1, -0.05) is 17.7 Å². The fraction of sp³-hybridized carbons (Fsp3) is 0.105. The molecule has 0 bridgehead atoms. The average molecular weight is 327 g/mol. The van der Waals surface area contributed by atoms with Crippen molar-refractivity contribution in [2.75, 3.05) is 0 Å². The topological polar surface area (TPSA) is 17.3 Å². The molecule has 0 amide bonds. The number of aliphatic imine (C=N–C) groups is 1. The minimum Gasteiger partial charge on any atom is -0.318 e. The second-order valence-electron chi connectivity index (χ2n) is 5.38. The van der Waals surface area contributed by atoms with Gasteiger partial charge in [-0.05, 0) is 62.4 Å². The minimum absolute atomic E-state index is 0.261. The van der Waals surface area contributed by atoms with Gasteiger partial charge in [-0.15, -0.1) is 0 Å². The maximum atomic E-state index is 12.9. The van der Waals surface area contributed by atoms with Gasteiger partial charge in [0.15, 0.2) is 0 Å². The Hall–Kier alpha value is -2.39. The van der Waals surface area contributed by atoms with Crippen LogP contribution < -0.4 is 0 Å². The van der Waals surface area contributed by atoms with Crippen molar-refractivity contribution >= 4 is 23.5 Å². The van der Waals surface area contributed by atoms with Gasteiger partial charge in [0.25, 0.3) is 0 Å². The Morgan fingerprint density at radius 2 is 1.78 bits per heavy atom. The van der Waals surface area contributed by atoms with E-state index in [1.165, 1.54) is 12.1 Å². The lowest BCUT2D eigenvalue weighted by Crippen LogP contribution is -1.99. The molecule has 0 spiro atoms. The summed E-state index contributed by atoms with van der Waals surface area (Å²) in [6, 6.07) is 15.9. The van der Waals surface area contributed by atoms with Crippen LogP contribution in [0.25, 0.3) is 5.69 Å². The number of benzene rings is 2. The van der Waals surface area contributed by atoms with Crippen LogP contribution in [0.3, 0.4) is 0 Å². The summed E-state index contributed by atoms with van der Waals surface area (Å²) in [5.74, 6) is -0.261. The summed E-state index contributed by atoms with van der Waals surface area (Å²) >= 11 is 6.09. The van der Waals surface area contributed by atoms with Crippen molar-refractivity contribution in [3.8, 4) is 5.69 Å². The van der Waals surface area contributed by atoms with Crippen LogP contribution in [0.4, 0.5) is 10.1 Å². The van der Waals surface area contributed by atoms with Gasteiger partial charge in [0.05, 0.1) is 5.69 Å². The molecule has 0 saturated carbocycles. The zero-order chi connectivity index (χ0) is 16.4. The average Bonchev–Trinajstić information content (AvgIpc) is 2.81. The van der Waals surface area contributed by atoms with Crippen LogP contribution in [0.2, 0.25) is 5.02 Å². The molecule has 4 heteroatoms. The predicted molar refractivity (Wildman–Crippen MR) is 93.9 cm³/mol. The van der Waals surface area contributed by atoms with E-state index in [0.29, 0.717) is 5.02 Å². The van der Waals surface area contributed by atoms with Gasteiger partial charge in [0.2, 0.25) is 0 Å². The molecule has 0 aliphatic heterocycles. The quantitative estimate of drug-likeness (QED) is 0.554. The highest BCUT2D eigenvalue weighted by molar-refractivity contribution is 6.30. The van der Waals surface area contributed by atoms with E-state index in [9.17, 15) is 4.39 Å². The Balaban J connectivity index is 1.96. The first-order valence-electron chi connectivity index (χ1n) is 7.29. The SMILES string of the molecule is Cc1cc(C=Nc2ccc(F)cc2)c(C)n1-c1cccc(Cl)c1. The molecule has 3 rings (SSSR count). The number of hydrogen-bond donors (Lipinski definition) is 0. The van der Waals surface area contributed by atoms with Crippen molar-refractivity contribution in [3.05, 3.63) is 82.4 Å². The Bertz CT molecular complexity index is 864. The molecule has 0 atom stereocenters. The first kappa shape index (κ1) is 15.5. The smallest absolute Gasteiger partial charge is 0.123 e. The number of aryl methyl sites for hydroxylation is 1. The second-order valence-corrected chi connectivity index (χ2v) is 5.81. The van der Waals surface area contributed by atoms with E-state index >= 15 is 0 Å². The van der Waals surface area contributed by atoms with Crippen LogP contribution in [0.1, 0.15) is 17.0 Å². The van der Waals surface area contributed by atoms with Crippen molar-refractivity contribution in [1.82, 2.24) is 4.57 Å². The van der Waals surface area contributed by atoms with Crippen molar-refractivity contribution in [2.24, 2.45) is 4.99 Å². The van der Waals surface area contributed by atoms with Crippen LogP contribution >= 0.6 is 11.6 Å². The van der Waals surface area contributed by atoms with E-state index in [0.717, 1.165) is 28.3 Å². The van der Waals surface area contributed by atoms with Crippen LogP contribution in [0.15, 0.2) is 59.6 Å². The van der Waals surface area contributed by atoms with Crippen LogP contribution in [0, 0.1) is 19.7 Å². The highest BCUT2D eigenvalue weighted by Crippen LogP contribution is 2.22. The second kappa shape index (κ2) is 6.39. The van der Waals surface area contributed by atoms with Crippen LogP contribution in [0.5, 0.6) is 0 Å². The van der Waals surface area contributed by atoms with Gasteiger partial charge in [-0.2, -0.15) is 0 Å². The molecule has 0 radical (unpaired) electrons. The monoisotopic (exact) mass is 326 g/mol. The van der Waals surface area contributed by atoms with Crippen molar-refractivity contribution in [1.29, 1.82) is 0 Å². The normalized spacial score (nSPS) is 11.3. The third kappa shape index (κ3) is 3.35. The maximum absolute atomic E-state index is 12.9. The molecule has 0 aliphatic carbocycles. The standard InChI is InChI=1S/C19H16ClFN2/c1-13-10-15(12-22-18-8-6-17(21)7-9-18)14(2)23(13)19-5-3-4-16(20)11-19/h3-12H,1-2H3. The third-order valence-corrected chi connectivity index (χ3v) is 3.95. The summed E-state index contributed by atoms with van der Waals surface area (Å²) in [5.41, 5.74) is 4.95. The molecule has 0 aliphatic rings. The molecule has 3 aromatic rings. The molecule has 2 aromatic carbocycles. The van der Waals surface area contributed by atoms with E-state index in [2.05, 4.69) is 15.6 Å². The molecular weight excluding hydrogens is 311 g/mol. The molecule has 0 N–H and O–H groups in total. The number of rotatable bonds is 3. The van der Waals surface area contributed by atoms with E-state index in [1.54, 1.807) is 18.3 Å². The van der Waals surface area contributed by atoms with E-state index in [-0.39, 0.29) is 5.82 Å². The van der Waals surface area contributed by atoms with Gasteiger partial charge >= 0.3 is 0 Å². The summed E-state index contributed by atoms with van der Waals surface area (Å²) < 4.78 is 15.1. The number of aromatic nitrogens is 1. The zero-order valence-corrected chi connectivity index (χ0v) is 13.7. The Labute approximate surface area is 139 Å². The predicted octanol–water partition coefficient (Wildman–Crippen LogP) is 5.64. The molecule has 1 heterocycles. The largest absolute Gasteiger partial charge is 0.318 e. The summed E-state index contributed by atoms with van der Waals surface area (Å²) in [7, 11) is 0. The molecule has 116 valence electrons. The molecule has 23 heavy (non-hydrogen) atoms. The zero-order valence-electron chi connectivity index (χ0n) is 12.9. The minimum atomic E-state index is -0.261. The molecule has 2 nitrogen and oxygen atoms in total. The third-order valence-electron chi connectivity index (χ3n) is 3.72. The van der Waals surface area contributed by atoms with E-state index in [4.69, 9.17) is 11.6 Å². The van der Waals surface area contributed by atoms with E-state index in [1.807, 2.05) is 38.1 Å². The summed E-state index contributed by atoms with van der Waals surface area (Å²) in [5, 5.41) is 0.705. The lowest BCUT2D eigenvalue weighted by Gasteiger charge is -2.09. The lowest BCUT2D eigenvalue weighted by atomic mass is 10.2. The molecule has 0 saturated heterocycles. The first-order valence-corrected chi connectivity index (χ1v) is 7.67. The van der Waals surface area contributed by atoms with Gasteiger partial charge in [-0.3, -0.25) is 4.99 Å². The Morgan fingerprint density at radius 1 is 1.04 bits per heavy atom. The number of hydrogen-bond acceptors (Lipinski definition) is 1. The summed E-state index contributed by atoms with van der Waals surface area (Å²) in [6.07, 6.45) is 1.80. The highest BCUT2D eigenvalue weighted by Gasteiger charge is 2.09. The van der Waals surface area contributed by atoms with Crippen LogP contribution in [-0.2, 0) is 0 Å². The number of halogens is 2. The van der Waals surface area contributed by atoms with Crippen molar-refractivity contribution in [2.45, 2.75) is 13.8 Å². The van der Waals surface area contributed by atoms with Gasteiger partial charge in [-0.25, -0.2) is 4.39 Å². The van der Waals surface area contributed by atoms with Crippen molar-refractivity contribution < 1.29 is 4.39 Å². The summed E-state index contributed by atoms with van der Waals surface area (Å²) in [6.45, 7) is 4.09. The van der Waals surface area contributed by atoms with Gasteiger partial charge in [0.1, 0.15) is 5.82 Å². The first-order chi connectivity index (χ1) is 11.0.